The molecule has 2 bridgehead atoms. The third-order valence-electron chi connectivity index (χ3n) is 10.4. The van der Waals surface area contributed by atoms with Gasteiger partial charge >= 0.3 is 13.1 Å². The van der Waals surface area contributed by atoms with E-state index < -0.39 is 21.0 Å². The number of amides is 1. The minimum absolute atomic E-state index is 0.0108. The molecule has 0 aromatic carbocycles. The van der Waals surface area contributed by atoms with Crippen molar-refractivity contribution in [3.8, 4) is 0 Å². The lowest BCUT2D eigenvalue weighted by atomic mass is 9.43. The van der Waals surface area contributed by atoms with Crippen molar-refractivity contribution in [1.29, 1.82) is 0 Å². The van der Waals surface area contributed by atoms with E-state index in [1.54, 1.807) is 11.3 Å². The van der Waals surface area contributed by atoms with Crippen LogP contribution in [-0.2, 0) is 34.5 Å². The van der Waals surface area contributed by atoms with E-state index in [4.69, 9.17) is 18.5 Å². The fraction of sp³-hybridized carbons (Fsp3) is 0.812. The Hall–Kier alpha value is -1.20. The predicted molar refractivity (Wildman–Crippen MR) is 172 cm³/mol. The third kappa shape index (κ3) is 7.36. The maximum absolute atomic E-state index is 13.3. The summed E-state index contributed by atoms with van der Waals surface area (Å²) in [5.41, 5.74) is -0.702. The van der Waals surface area contributed by atoms with Crippen LogP contribution in [0.1, 0.15) is 99.3 Å². The van der Waals surface area contributed by atoms with Gasteiger partial charge in [0.05, 0.1) is 36.6 Å². The molecule has 1 aliphatic heterocycles. The van der Waals surface area contributed by atoms with Gasteiger partial charge in [-0.3, -0.25) is 9.59 Å². The molecule has 1 aromatic rings. The zero-order valence-corrected chi connectivity index (χ0v) is 29.6. The van der Waals surface area contributed by atoms with Crippen molar-refractivity contribution in [2.45, 2.75) is 148 Å². The smallest absolute Gasteiger partial charge is 0.460 e. The summed E-state index contributed by atoms with van der Waals surface area (Å²) in [6.45, 7) is 23.6. The molecule has 4 aliphatic rings. The van der Waals surface area contributed by atoms with Crippen molar-refractivity contribution in [3.63, 3.8) is 0 Å². The highest BCUT2D eigenvalue weighted by atomic mass is 32.1. The van der Waals surface area contributed by atoms with Crippen LogP contribution in [-0.4, -0.2) is 56.7 Å². The lowest BCUT2D eigenvalue weighted by molar-refractivity contribution is -0.199. The molecular formula is C32H54BNO6SSi. The monoisotopic (exact) mass is 619 g/mol. The maximum atomic E-state index is 13.3. The predicted octanol–water partition coefficient (Wildman–Crippen LogP) is 6.95. The molecule has 0 radical (unpaired) electrons. The van der Waals surface area contributed by atoms with Crippen LogP contribution in [0.25, 0.3) is 0 Å². The second-order valence-electron chi connectivity index (χ2n) is 16.1. The Morgan fingerprint density at radius 2 is 1.83 bits per heavy atom. The van der Waals surface area contributed by atoms with Gasteiger partial charge in [-0.15, -0.1) is 11.3 Å². The minimum Gasteiger partial charge on any atom is -0.460 e. The highest BCUT2D eigenvalue weighted by Crippen LogP contribution is 2.65. The molecule has 6 atom stereocenters. The van der Waals surface area contributed by atoms with Gasteiger partial charge in [0.1, 0.15) is 5.60 Å². The molecule has 1 amide bonds. The number of thiophene rings is 1. The molecule has 42 heavy (non-hydrogen) atoms. The highest BCUT2D eigenvalue weighted by Gasteiger charge is 2.68. The average molecular weight is 620 g/mol. The second-order valence-corrected chi connectivity index (χ2v) is 21.9. The standard InChI is InChI=1S/C32H54BNO6SSi/c1-29(2,3)37-28(36)19-22(39-42(10,11)30(4,5)6)14-15-26(34-27(35)20-23-13-12-16-41-23)33-38-25-18-21-17-24(31(21,7)8)32(25,9)40-33/h12-13,16,21-22,24-26H,14-15,17-20H2,1-11H3,(H,34,35)/t21-,22-,24-,25+,26-,32-/m0/s1. The lowest BCUT2D eigenvalue weighted by Crippen LogP contribution is -2.65. The van der Waals surface area contributed by atoms with Crippen LogP contribution in [0.5, 0.6) is 0 Å². The van der Waals surface area contributed by atoms with Gasteiger partial charge in [-0.25, -0.2) is 0 Å². The summed E-state index contributed by atoms with van der Waals surface area (Å²) in [5.74, 6) is 0.408. The molecule has 3 aliphatic carbocycles. The van der Waals surface area contributed by atoms with Crippen LogP contribution >= 0.6 is 11.3 Å². The van der Waals surface area contributed by atoms with Crippen LogP contribution in [0, 0.1) is 17.3 Å². The molecule has 1 aromatic heterocycles. The largest absolute Gasteiger partial charge is 0.481 e. The first-order valence-electron chi connectivity index (χ1n) is 15.8. The molecule has 2 heterocycles. The topological polar surface area (TPSA) is 83.1 Å². The summed E-state index contributed by atoms with van der Waals surface area (Å²) in [6, 6.07) is 3.95. The van der Waals surface area contributed by atoms with E-state index in [9.17, 15) is 9.59 Å². The Morgan fingerprint density at radius 3 is 2.40 bits per heavy atom. The first-order chi connectivity index (χ1) is 19.2. The SMILES string of the molecule is CC(C)(C)OC(=O)C[C@H](CC[C@H](NC(=O)Cc1cccs1)B1O[C@@H]2C[C@@H]3C[C@@H](C3(C)C)[C@]2(C)O1)O[Si](C)(C)C(C)(C)C. The number of carbonyl (C=O) groups excluding carboxylic acids is 2. The van der Waals surface area contributed by atoms with Crippen LogP contribution in [0.15, 0.2) is 17.5 Å². The number of hydrogen-bond donors (Lipinski definition) is 1. The van der Waals surface area contributed by atoms with Gasteiger partial charge in [-0.1, -0.05) is 40.7 Å². The molecule has 1 N–H and O–H groups in total. The Balaban J connectivity index is 1.52. The number of hydrogen-bond acceptors (Lipinski definition) is 7. The third-order valence-corrected chi connectivity index (χ3v) is 15.9. The van der Waals surface area contributed by atoms with E-state index in [-0.39, 0.29) is 52.5 Å². The molecule has 3 saturated carbocycles. The number of nitrogens with one attached hydrogen (secondary N) is 1. The van der Waals surface area contributed by atoms with Crippen LogP contribution < -0.4 is 5.32 Å². The van der Waals surface area contributed by atoms with Gasteiger partial charge in [0.25, 0.3) is 0 Å². The summed E-state index contributed by atoms with van der Waals surface area (Å²) in [6.07, 6.45) is 3.50. The second kappa shape index (κ2) is 12.0. The van der Waals surface area contributed by atoms with Crippen LogP contribution in [0.4, 0.5) is 0 Å². The van der Waals surface area contributed by atoms with Crippen molar-refractivity contribution < 1.29 is 28.1 Å². The van der Waals surface area contributed by atoms with Crippen molar-refractivity contribution in [1.82, 2.24) is 5.32 Å². The Bertz CT molecular complexity index is 1110. The molecule has 236 valence electrons. The minimum atomic E-state index is -2.19. The zero-order valence-electron chi connectivity index (χ0n) is 27.8. The quantitative estimate of drug-likeness (QED) is 0.213. The Labute approximate surface area is 259 Å². The van der Waals surface area contributed by atoms with Gasteiger partial charge in [0, 0.05) is 4.88 Å². The van der Waals surface area contributed by atoms with E-state index in [0.29, 0.717) is 31.1 Å². The van der Waals surface area contributed by atoms with Gasteiger partial charge in [-0.05, 0) is 100 Å². The fourth-order valence-corrected chi connectivity index (χ4v) is 9.00. The van der Waals surface area contributed by atoms with Crippen molar-refractivity contribution in [3.05, 3.63) is 22.4 Å². The summed E-state index contributed by atoms with van der Waals surface area (Å²) in [5, 5.41) is 5.25. The van der Waals surface area contributed by atoms with Gasteiger partial charge < -0.3 is 23.8 Å². The summed E-state index contributed by atoms with van der Waals surface area (Å²) >= 11 is 1.58. The van der Waals surface area contributed by atoms with Crippen molar-refractivity contribution in [2.75, 3.05) is 0 Å². The first-order valence-corrected chi connectivity index (χ1v) is 19.5. The van der Waals surface area contributed by atoms with Gasteiger partial charge in [0.15, 0.2) is 8.32 Å². The molecule has 7 nitrogen and oxygen atoms in total. The summed E-state index contributed by atoms with van der Waals surface area (Å²) < 4.78 is 25.9. The van der Waals surface area contributed by atoms with Gasteiger partial charge in [-0.2, -0.15) is 0 Å². The van der Waals surface area contributed by atoms with E-state index in [2.05, 4.69) is 60.0 Å². The van der Waals surface area contributed by atoms with Crippen molar-refractivity contribution in [2.24, 2.45) is 17.3 Å². The van der Waals surface area contributed by atoms with E-state index in [0.717, 1.165) is 11.3 Å². The molecule has 0 spiro atoms. The van der Waals surface area contributed by atoms with Crippen LogP contribution in [0.3, 0.4) is 0 Å². The molecule has 1 saturated heterocycles. The first kappa shape index (κ1) is 33.7. The summed E-state index contributed by atoms with van der Waals surface area (Å²) in [7, 11) is -2.73. The Kier molecular flexibility index (Phi) is 9.59. The lowest BCUT2D eigenvalue weighted by Gasteiger charge is -2.64. The normalized spacial score (nSPS) is 28.5. The number of esters is 1. The Morgan fingerprint density at radius 1 is 1.14 bits per heavy atom. The molecule has 5 rings (SSSR count). The summed E-state index contributed by atoms with van der Waals surface area (Å²) in [4.78, 5) is 27.3. The van der Waals surface area contributed by atoms with Crippen molar-refractivity contribution >= 4 is 38.6 Å². The number of ether oxygens (including phenoxy) is 1. The zero-order chi connectivity index (χ0) is 31.3. The molecule has 0 unspecified atom stereocenters. The van der Waals surface area contributed by atoms with Gasteiger partial charge in [0.2, 0.25) is 5.91 Å². The number of carbonyl (C=O) groups is 2. The number of rotatable bonds is 11. The molecule has 10 heteroatoms. The highest BCUT2D eigenvalue weighted by molar-refractivity contribution is 7.10. The van der Waals surface area contributed by atoms with E-state index in [1.165, 1.54) is 6.42 Å². The van der Waals surface area contributed by atoms with E-state index >= 15 is 0 Å². The molecule has 4 fully saturated rings. The van der Waals surface area contributed by atoms with Crippen LogP contribution in [0.2, 0.25) is 18.1 Å². The fourth-order valence-electron chi connectivity index (χ4n) is 6.91. The average Bonchev–Trinajstić information content (AvgIpc) is 3.45. The molecular weight excluding hydrogens is 565 g/mol. The maximum Gasteiger partial charge on any atom is 0.481 e. The van der Waals surface area contributed by atoms with E-state index in [1.807, 2.05) is 38.3 Å².